The lowest BCUT2D eigenvalue weighted by Gasteiger charge is -2.17. The fourth-order valence-electron chi connectivity index (χ4n) is 4.66. The van der Waals surface area contributed by atoms with Crippen molar-refractivity contribution in [2.45, 2.75) is 50.8 Å². The molecule has 0 N–H and O–H groups in total. The quantitative estimate of drug-likeness (QED) is 0.560. The Morgan fingerprint density at radius 3 is 2.70 bits per heavy atom. The second-order valence-electron chi connectivity index (χ2n) is 8.81. The first-order chi connectivity index (χ1) is 16.0. The molecule has 0 radical (unpaired) electrons. The van der Waals surface area contributed by atoms with Crippen LogP contribution in [0.5, 0.6) is 17.4 Å². The van der Waals surface area contributed by atoms with Gasteiger partial charge in [-0.1, -0.05) is 0 Å². The van der Waals surface area contributed by atoms with E-state index in [0.29, 0.717) is 24.3 Å². The molecule has 2 fully saturated rings. The van der Waals surface area contributed by atoms with Crippen LogP contribution in [0.3, 0.4) is 0 Å². The highest BCUT2D eigenvalue weighted by molar-refractivity contribution is 5.48. The smallest absolute Gasteiger partial charge is 0.352 e. The van der Waals surface area contributed by atoms with E-state index in [4.69, 9.17) is 9.47 Å². The summed E-state index contributed by atoms with van der Waals surface area (Å²) in [6, 6.07) is 7.67. The Morgan fingerprint density at radius 1 is 1.09 bits per heavy atom. The summed E-state index contributed by atoms with van der Waals surface area (Å²) >= 11 is 0. The molecule has 3 aliphatic rings. The first kappa shape index (κ1) is 20.1. The molecule has 2 aliphatic heterocycles. The number of hydrogen-bond acceptors (Lipinski definition) is 6. The van der Waals surface area contributed by atoms with Crippen LogP contribution in [0.15, 0.2) is 41.3 Å². The van der Waals surface area contributed by atoms with Crippen molar-refractivity contribution in [3.8, 4) is 17.4 Å². The van der Waals surface area contributed by atoms with Gasteiger partial charge in [0.05, 0.1) is 0 Å². The van der Waals surface area contributed by atoms with Gasteiger partial charge >= 0.3 is 5.69 Å². The zero-order chi connectivity index (χ0) is 22.5. The highest BCUT2D eigenvalue weighted by Crippen LogP contribution is 2.40. The summed E-state index contributed by atoms with van der Waals surface area (Å²) in [6.45, 7) is 1.40. The van der Waals surface area contributed by atoms with E-state index in [1.54, 1.807) is 29.0 Å². The Labute approximate surface area is 188 Å². The van der Waals surface area contributed by atoms with Crippen molar-refractivity contribution in [1.29, 1.82) is 0 Å². The number of nitrogens with zero attached hydrogens (tertiary/aromatic N) is 4. The van der Waals surface area contributed by atoms with Crippen molar-refractivity contribution in [2.24, 2.45) is 0 Å². The van der Waals surface area contributed by atoms with Gasteiger partial charge in [-0.3, -0.25) is 9.55 Å². The van der Waals surface area contributed by atoms with Gasteiger partial charge in [-0.2, -0.15) is 4.98 Å². The Hall–Kier alpha value is -3.49. The van der Waals surface area contributed by atoms with Crippen LogP contribution in [0, 0.1) is 11.6 Å². The average molecular weight is 452 g/mol. The van der Waals surface area contributed by atoms with E-state index >= 15 is 0 Å². The monoisotopic (exact) mass is 452 g/mol. The van der Waals surface area contributed by atoms with Gasteiger partial charge in [0.1, 0.15) is 18.2 Å². The average Bonchev–Trinajstić information content (AvgIpc) is 3.45. The highest BCUT2D eigenvalue weighted by Gasteiger charge is 2.34. The topological polar surface area (TPSA) is 69.5 Å². The van der Waals surface area contributed by atoms with Gasteiger partial charge in [-0.25, -0.2) is 13.6 Å². The summed E-state index contributed by atoms with van der Waals surface area (Å²) in [7, 11) is 0. The number of fused-ring (bicyclic) bond motifs is 3. The van der Waals surface area contributed by atoms with Gasteiger partial charge in [-0.15, -0.1) is 0 Å². The van der Waals surface area contributed by atoms with E-state index in [1.165, 1.54) is 0 Å². The largest absolute Gasteiger partial charge is 0.473 e. The third-order valence-corrected chi connectivity index (χ3v) is 6.44. The molecule has 0 amide bonds. The van der Waals surface area contributed by atoms with E-state index in [2.05, 4.69) is 14.9 Å². The number of hydrogen-bond donors (Lipinski definition) is 0. The molecule has 1 aromatic carbocycles. The van der Waals surface area contributed by atoms with Crippen molar-refractivity contribution in [3.63, 3.8) is 0 Å². The van der Waals surface area contributed by atoms with Crippen LogP contribution < -0.4 is 20.1 Å². The fraction of sp³-hybridized carbons (Fsp3) is 0.375. The Morgan fingerprint density at radius 2 is 1.91 bits per heavy atom. The van der Waals surface area contributed by atoms with Gasteiger partial charge in [0.25, 0.3) is 0 Å². The molecule has 0 bridgehead atoms. The molecule has 4 heterocycles. The van der Waals surface area contributed by atoms with Crippen LogP contribution in [0.25, 0.3) is 0 Å². The molecule has 1 atom stereocenters. The predicted octanol–water partition coefficient (Wildman–Crippen LogP) is 4.15. The standard InChI is InChI=1S/C24H22F2N4O3/c25-18-8-14(9-19(26)23(18)33-17-5-6-27-20(10-17)15-3-4-15)13-32-21-11-22-29-7-1-2-16(29)12-30(22)24(31)28-21/h5-6,8-11,15-16H,1-4,7,12-13H2/t16-/m1/s1. The van der Waals surface area contributed by atoms with Crippen molar-refractivity contribution in [3.05, 3.63) is 69.9 Å². The van der Waals surface area contributed by atoms with Gasteiger partial charge < -0.3 is 14.4 Å². The SMILES string of the molecule is O=c1nc(OCc2cc(F)c(Oc3ccnc(C4CC4)c3)c(F)c2)cc2n1C[C@H]1CCCN21. The van der Waals surface area contributed by atoms with Gasteiger partial charge in [0, 0.05) is 49.1 Å². The molecule has 1 saturated carbocycles. The van der Waals surface area contributed by atoms with Crippen molar-refractivity contribution in [2.75, 3.05) is 11.4 Å². The number of halogens is 2. The number of pyridine rings is 1. The van der Waals surface area contributed by atoms with Crippen LogP contribution in [-0.4, -0.2) is 27.1 Å². The van der Waals surface area contributed by atoms with Crippen LogP contribution in [-0.2, 0) is 13.2 Å². The number of aromatic nitrogens is 3. The molecule has 1 aliphatic carbocycles. The summed E-state index contributed by atoms with van der Waals surface area (Å²) in [6.07, 6.45) is 5.85. The number of rotatable bonds is 6. The number of ether oxygens (including phenoxy) is 2. The minimum absolute atomic E-state index is 0.130. The van der Waals surface area contributed by atoms with Gasteiger partial charge in [-0.05, 0) is 49.4 Å². The van der Waals surface area contributed by atoms with Crippen molar-refractivity contribution < 1.29 is 18.3 Å². The molecule has 0 unspecified atom stereocenters. The summed E-state index contributed by atoms with van der Waals surface area (Å²) in [4.78, 5) is 22.8. The molecular weight excluding hydrogens is 430 g/mol. The molecule has 6 rings (SSSR count). The lowest BCUT2D eigenvalue weighted by molar-refractivity contribution is 0.289. The molecule has 33 heavy (non-hydrogen) atoms. The van der Waals surface area contributed by atoms with E-state index in [9.17, 15) is 13.6 Å². The molecule has 0 spiro atoms. The van der Waals surface area contributed by atoms with Crippen molar-refractivity contribution in [1.82, 2.24) is 14.5 Å². The van der Waals surface area contributed by atoms with E-state index in [-0.39, 0.29) is 23.7 Å². The minimum atomic E-state index is -0.833. The normalized spacial score (nSPS) is 18.8. The van der Waals surface area contributed by atoms with E-state index in [0.717, 1.165) is 55.9 Å². The third kappa shape index (κ3) is 3.81. The maximum Gasteiger partial charge on any atom is 0.352 e. The maximum atomic E-state index is 14.7. The molecule has 3 aromatic rings. The maximum absolute atomic E-state index is 14.7. The first-order valence-electron chi connectivity index (χ1n) is 11.2. The van der Waals surface area contributed by atoms with E-state index < -0.39 is 17.4 Å². The summed E-state index contributed by atoms with van der Waals surface area (Å²) in [5.41, 5.74) is 0.768. The fourth-order valence-corrected chi connectivity index (χ4v) is 4.66. The lowest BCUT2D eigenvalue weighted by atomic mass is 10.2. The van der Waals surface area contributed by atoms with Crippen LogP contribution in [0.1, 0.15) is 42.9 Å². The number of benzene rings is 1. The first-order valence-corrected chi connectivity index (χ1v) is 11.2. The Bertz CT molecular complexity index is 1270. The Balaban J connectivity index is 1.18. The van der Waals surface area contributed by atoms with Gasteiger partial charge in [0.2, 0.25) is 5.88 Å². The Kier molecular flexibility index (Phi) is 4.78. The second-order valence-corrected chi connectivity index (χ2v) is 8.81. The third-order valence-electron chi connectivity index (χ3n) is 6.44. The molecular formula is C24H22F2N4O3. The molecule has 2 aromatic heterocycles. The van der Waals surface area contributed by atoms with Crippen molar-refractivity contribution >= 4 is 5.82 Å². The molecule has 7 nitrogen and oxygen atoms in total. The van der Waals surface area contributed by atoms with Gasteiger partial charge in [0.15, 0.2) is 17.4 Å². The minimum Gasteiger partial charge on any atom is -0.473 e. The zero-order valence-electron chi connectivity index (χ0n) is 17.8. The summed E-state index contributed by atoms with van der Waals surface area (Å²) in [5, 5.41) is 0. The van der Waals surface area contributed by atoms with Crippen LogP contribution in [0.2, 0.25) is 0 Å². The summed E-state index contributed by atoms with van der Waals surface area (Å²) < 4.78 is 42.1. The predicted molar refractivity (Wildman–Crippen MR) is 116 cm³/mol. The zero-order valence-corrected chi connectivity index (χ0v) is 17.8. The molecule has 9 heteroatoms. The van der Waals surface area contributed by atoms with Crippen LogP contribution in [0.4, 0.5) is 14.6 Å². The second kappa shape index (κ2) is 7.83. The van der Waals surface area contributed by atoms with E-state index in [1.807, 2.05) is 0 Å². The molecule has 170 valence electrons. The van der Waals surface area contributed by atoms with Crippen LogP contribution >= 0.6 is 0 Å². The summed E-state index contributed by atoms with van der Waals surface area (Å²) in [5.74, 6) is -0.459. The lowest BCUT2D eigenvalue weighted by Crippen LogP contribution is -2.24. The molecule has 1 saturated heterocycles. The highest BCUT2D eigenvalue weighted by atomic mass is 19.1. The number of anilines is 1.